The number of methoxy groups -OCH3 is 1. The summed E-state index contributed by atoms with van der Waals surface area (Å²) < 4.78 is 8.20. The maximum atomic E-state index is 5.24. The third-order valence-electron chi connectivity index (χ3n) is 2.59. The van der Waals surface area contributed by atoms with E-state index in [1.54, 1.807) is 7.11 Å². The molecule has 100 valence electrons. The number of hydrogen-bond donors (Lipinski definition) is 1. The van der Waals surface area contributed by atoms with Crippen LogP contribution in [0.3, 0.4) is 0 Å². The van der Waals surface area contributed by atoms with Crippen molar-refractivity contribution in [1.29, 1.82) is 0 Å². The largest absolute Gasteiger partial charge is 0.497 e. The molecule has 1 aromatic carbocycles. The van der Waals surface area contributed by atoms with Crippen LogP contribution in [0, 0.1) is 6.92 Å². The van der Waals surface area contributed by atoms with Gasteiger partial charge in [0, 0.05) is 29.0 Å². The first-order chi connectivity index (χ1) is 9.12. The van der Waals surface area contributed by atoms with Gasteiger partial charge in [0.1, 0.15) is 5.75 Å². The molecule has 0 aliphatic rings. The average molecular weight is 322 g/mol. The maximum absolute atomic E-state index is 5.24. The SMILES string of the molecule is C=CCn1cc(C)nc1Nc1cc(Br)cc(OC)c1. The third kappa shape index (κ3) is 3.38. The second kappa shape index (κ2) is 5.93. The predicted octanol–water partition coefficient (Wildman–Crippen LogP) is 3.89. The van der Waals surface area contributed by atoms with Gasteiger partial charge in [0.25, 0.3) is 0 Å². The zero-order valence-electron chi connectivity index (χ0n) is 11.0. The van der Waals surface area contributed by atoms with E-state index < -0.39 is 0 Å². The number of benzene rings is 1. The Balaban J connectivity index is 2.30. The van der Waals surface area contributed by atoms with Crippen LogP contribution in [0.5, 0.6) is 5.75 Å². The zero-order chi connectivity index (χ0) is 13.8. The average Bonchev–Trinajstić information content (AvgIpc) is 2.69. The molecule has 0 saturated heterocycles. The Hall–Kier alpha value is -1.75. The van der Waals surface area contributed by atoms with E-state index in [4.69, 9.17) is 4.74 Å². The lowest BCUT2D eigenvalue weighted by molar-refractivity contribution is 0.415. The minimum absolute atomic E-state index is 0.717. The molecule has 0 spiro atoms. The Morgan fingerprint density at radius 2 is 2.26 bits per heavy atom. The Morgan fingerprint density at radius 1 is 1.47 bits per heavy atom. The van der Waals surface area contributed by atoms with Gasteiger partial charge in [-0.2, -0.15) is 0 Å². The van der Waals surface area contributed by atoms with Crippen LogP contribution in [0.1, 0.15) is 5.69 Å². The van der Waals surface area contributed by atoms with Gasteiger partial charge in [0.2, 0.25) is 5.95 Å². The first-order valence-corrected chi connectivity index (χ1v) is 6.68. The third-order valence-corrected chi connectivity index (χ3v) is 3.04. The molecule has 0 unspecified atom stereocenters. The van der Waals surface area contributed by atoms with E-state index >= 15 is 0 Å². The Bertz CT molecular complexity index is 592. The van der Waals surface area contributed by atoms with Crippen LogP contribution in [0.25, 0.3) is 0 Å². The van der Waals surface area contributed by atoms with Crippen molar-refractivity contribution in [2.24, 2.45) is 0 Å². The van der Waals surface area contributed by atoms with Crippen LogP contribution < -0.4 is 10.1 Å². The van der Waals surface area contributed by atoms with E-state index in [9.17, 15) is 0 Å². The van der Waals surface area contributed by atoms with Gasteiger partial charge in [-0.15, -0.1) is 6.58 Å². The van der Waals surface area contributed by atoms with Gasteiger partial charge < -0.3 is 14.6 Å². The van der Waals surface area contributed by atoms with Gasteiger partial charge in [-0.05, 0) is 19.1 Å². The number of nitrogens with zero attached hydrogens (tertiary/aromatic N) is 2. The van der Waals surface area contributed by atoms with E-state index in [1.165, 1.54) is 0 Å². The van der Waals surface area contributed by atoms with Gasteiger partial charge in [-0.25, -0.2) is 4.98 Å². The lowest BCUT2D eigenvalue weighted by Crippen LogP contribution is -2.02. The first-order valence-electron chi connectivity index (χ1n) is 5.88. The molecular formula is C14H16BrN3O. The highest BCUT2D eigenvalue weighted by atomic mass is 79.9. The summed E-state index contributed by atoms with van der Waals surface area (Å²) in [5.74, 6) is 1.58. The molecule has 0 aliphatic carbocycles. The molecule has 0 radical (unpaired) electrons. The highest BCUT2D eigenvalue weighted by Gasteiger charge is 2.06. The summed E-state index contributed by atoms with van der Waals surface area (Å²) in [5.41, 5.74) is 1.88. The van der Waals surface area contributed by atoms with Crippen LogP contribution >= 0.6 is 15.9 Å². The number of ether oxygens (including phenoxy) is 1. The summed E-state index contributed by atoms with van der Waals surface area (Å²) in [4.78, 5) is 4.46. The lowest BCUT2D eigenvalue weighted by Gasteiger charge is -2.10. The molecule has 0 amide bonds. The molecule has 0 fully saturated rings. The molecular weight excluding hydrogens is 306 g/mol. The molecule has 0 bridgehead atoms. The van der Waals surface area contributed by atoms with Gasteiger partial charge >= 0.3 is 0 Å². The molecule has 5 heteroatoms. The van der Waals surface area contributed by atoms with E-state index in [0.29, 0.717) is 6.54 Å². The monoisotopic (exact) mass is 321 g/mol. The molecule has 2 rings (SSSR count). The lowest BCUT2D eigenvalue weighted by atomic mass is 10.3. The van der Waals surface area contributed by atoms with Crippen molar-refractivity contribution in [3.63, 3.8) is 0 Å². The van der Waals surface area contributed by atoms with Crippen molar-refractivity contribution in [2.75, 3.05) is 12.4 Å². The molecule has 1 aromatic heterocycles. The summed E-state index contributed by atoms with van der Waals surface area (Å²) in [7, 11) is 1.65. The van der Waals surface area contributed by atoms with Crippen molar-refractivity contribution >= 4 is 27.6 Å². The maximum Gasteiger partial charge on any atom is 0.207 e. The number of allylic oxidation sites excluding steroid dienone is 1. The minimum Gasteiger partial charge on any atom is -0.497 e. The Morgan fingerprint density at radius 3 is 2.95 bits per heavy atom. The number of aromatic nitrogens is 2. The summed E-state index contributed by atoms with van der Waals surface area (Å²) in [6.07, 6.45) is 3.83. The molecule has 4 nitrogen and oxygen atoms in total. The first kappa shape index (κ1) is 13.7. The van der Waals surface area contributed by atoms with Gasteiger partial charge in [0.15, 0.2) is 0 Å². The van der Waals surface area contributed by atoms with Gasteiger partial charge in [-0.1, -0.05) is 22.0 Å². The summed E-state index contributed by atoms with van der Waals surface area (Å²) in [6, 6.07) is 5.81. The van der Waals surface area contributed by atoms with Crippen LogP contribution in [0.2, 0.25) is 0 Å². The normalized spacial score (nSPS) is 10.3. The van der Waals surface area contributed by atoms with Crippen LogP contribution in [-0.4, -0.2) is 16.7 Å². The highest BCUT2D eigenvalue weighted by Crippen LogP contribution is 2.26. The number of nitrogens with one attached hydrogen (secondary N) is 1. The Labute approximate surface area is 121 Å². The second-order valence-electron chi connectivity index (χ2n) is 4.15. The van der Waals surface area contributed by atoms with Crippen molar-refractivity contribution < 1.29 is 4.74 Å². The van der Waals surface area contributed by atoms with Crippen molar-refractivity contribution in [3.05, 3.63) is 47.2 Å². The van der Waals surface area contributed by atoms with E-state index in [-0.39, 0.29) is 0 Å². The van der Waals surface area contributed by atoms with Gasteiger partial charge in [0.05, 0.1) is 12.8 Å². The molecule has 0 saturated carbocycles. The number of aryl methyl sites for hydroxylation is 1. The number of hydrogen-bond acceptors (Lipinski definition) is 3. The molecule has 0 atom stereocenters. The number of halogens is 1. The zero-order valence-corrected chi connectivity index (χ0v) is 12.6. The molecule has 1 N–H and O–H groups in total. The van der Waals surface area contributed by atoms with Crippen LogP contribution in [0.15, 0.2) is 41.5 Å². The van der Waals surface area contributed by atoms with Crippen molar-refractivity contribution in [1.82, 2.24) is 9.55 Å². The topological polar surface area (TPSA) is 39.1 Å². The minimum atomic E-state index is 0.717. The summed E-state index contributed by atoms with van der Waals surface area (Å²) >= 11 is 3.46. The highest BCUT2D eigenvalue weighted by molar-refractivity contribution is 9.10. The fourth-order valence-electron chi connectivity index (χ4n) is 1.81. The van der Waals surface area contributed by atoms with Gasteiger partial charge in [-0.3, -0.25) is 0 Å². The second-order valence-corrected chi connectivity index (χ2v) is 5.07. The summed E-state index contributed by atoms with van der Waals surface area (Å²) in [5, 5.41) is 3.29. The predicted molar refractivity (Wildman–Crippen MR) is 81.1 cm³/mol. The fourth-order valence-corrected chi connectivity index (χ4v) is 2.28. The number of anilines is 2. The van der Waals surface area contributed by atoms with E-state index in [2.05, 4.69) is 32.8 Å². The summed E-state index contributed by atoms with van der Waals surface area (Å²) in [6.45, 7) is 6.43. The smallest absolute Gasteiger partial charge is 0.207 e. The quantitative estimate of drug-likeness (QED) is 0.849. The van der Waals surface area contributed by atoms with Crippen molar-refractivity contribution in [2.45, 2.75) is 13.5 Å². The standard InChI is InChI=1S/C14H16BrN3O/c1-4-5-18-9-10(2)16-14(18)17-12-6-11(15)7-13(8-12)19-3/h4,6-9H,1,5H2,2-3H3,(H,16,17). The van der Waals surface area contributed by atoms with Crippen molar-refractivity contribution in [3.8, 4) is 5.75 Å². The fraction of sp³-hybridized carbons (Fsp3) is 0.214. The number of imidazole rings is 1. The molecule has 2 aromatic rings. The molecule has 19 heavy (non-hydrogen) atoms. The van der Waals surface area contributed by atoms with E-state index in [1.807, 2.05) is 42.0 Å². The van der Waals surface area contributed by atoms with Crippen LogP contribution in [0.4, 0.5) is 11.6 Å². The van der Waals surface area contributed by atoms with Crippen LogP contribution in [-0.2, 0) is 6.54 Å². The van der Waals surface area contributed by atoms with E-state index in [0.717, 1.165) is 27.6 Å². The molecule has 1 heterocycles. The number of rotatable bonds is 5. The Kier molecular flexibility index (Phi) is 4.27. The molecule has 0 aliphatic heterocycles.